The van der Waals surface area contributed by atoms with Crippen molar-refractivity contribution in [2.24, 2.45) is 11.7 Å². The SMILES string of the molecule is CC1CCN(c2ccc(CCN)c(Cl)c2)C(C)C1. The molecule has 1 aliphatic rings. The number of hydrogen-bond donors (Lipinski definition) is 1. The topological polar surface area (TPSA) is 29.3 Å². The summed E-state index contributed by atoms with van der Waals surface area (Å²) in [5, 5.41) is 0.851. The number of halogens is 1. The van der Waals surface area contributed by atoms with E-state index in [1.165, 1.54) is 18.5 Å². The number of benzene rings is 1. The second kappa shape index (κ2) is 5.94. The lowest BCUT2D eigenvalue weighted by Gasteiger charge is -2.38. The largest absolute Gasteiger partial charge is 0.369 e. The number of rotatable bonds is 3. The van der Waals surface area contributed by atoms with Gasteiger partial charge in [-0.25, -0.2) is 0 Å². The van der Waals surface area contributed by atoms with Gasteiger partial charge in [-0.3, -0.25) is 0 Å². The van der Waals surface area contributed by atoms with E-state index in [1.807, 2.05) is 0 Å². The third-order valence-electron chi connectivity index (χ3n) is 3.92. The third-order valence-corrected chi connectivity index (χ3v) is 4.27. The predicted molar refractivity (Wildman–Crippen MR) is 79.4 cm³/mol. The molecule has 100 valence electrons. The van der Waals surface area contributed by atoms with Crippen LogP contribution in [-0.4, -0.2) is 19.1 Å². The van der Waals surface area contributed by atoms with E-state index in [-0.39, 0.29) is 0 Å². The van der Waals surface area contributed by atoms with Gasteiger partial charge in [-0.15, -0.1) is 0 Å². The number of nitrogens with two attached hydrogens (primary N) is 1. The highest BCUT2D eigenvalue weighted by Gasteiger charge is 2.23. The lowest BCUT2D eigenvalue weighted by molar-refractivity contribution is 0.378. The Morgan fingerprint density at radius 1 is 1.39 bits per heavy atom. The fourth-order valence-electron chi connectivity index (χ4n) is 2.86. The molecule has 3 heteroatoms. The molecular formula is C15H23ClN2. The van der Waals surface area contributed by atoms with Crippen LogP contribution in [0.3, 0.4) is 0 Å². The molecule has 1 saturated heterocycles. The summed E-state index contributed by atoms with van der Waals surface area (Å²) < 4.78 is 0. The maximum atomic E-state index is 6.32. The highest BCUT2D eigenvalue weighted by molar-refractivity contribution is 6.31. The summed E-state index contributed by atoms with van der Waals surface area (Å²) in [6.07, 6.45) is 3.39. The van der Waals surface area contributed by atoms with Crippen LogP contribution < -0.4 is 10.6 Å². The van der Waals surface area contributed by atoms with Crippen molar-refractivity contribution in [3.8, 4) is 0 Å². The average molecular weight is 267 g/mol. The van der Waals surface area contributed by atoms with E-state index < -0.39 is 0 Å². The minimum Gasteiger partial charge on any atom is -0.369 e. The summed E-state index contributed by atoms with van der Waals surface area (Å²) in [6.45, 7) is 6.42. The Bertz CT molecular complexity index is 405. The Kier molecular flexibility index (Phi) is 4.52. The van der Waals surface area contributed by atoms with Crippen LogP contribution in [-0.2, 0) is 6.42 Å². The lowest BCUT2D eigenvalue weighted by Crippen LogP contribution is -2.40. The predicted octanol–water partition coefficient (Wildman–Crippen LogP) is 3.47. The molecule has 2 rings (SSSR count). The van der Waals surface area contributed by atoms with Gasteiger partial charge in [-0.05, 0) is 56.3 Å². The maximum Gasteiger partial charge on any atom is 0.0459 e. The standard InChI is InChI=1S/C15H23ClN2/c1-11-6-8-18(12(2)9-11)14-4-3-13(5-7-17)15(16)10-14/h3-4,10-12H,5-9,17H2,1-2H3. The van der Waals surface area contributed by atoms with E-state index >= 15 is 0 Å². The fraction of sp³-hybridized carbons (Fsp3) is 0.600. The Labute approximate surface area is 115 Å². The minimum absolute atomic E-state index is 0.602. The first-order valence-electron chi connectivity index (χ1n) is 6.87. The summed E-state index contributed by atoms with van der Waals surface area (Å²) in [4.78, 5) is 2.47. The van der Waals surface area contributed by atoms with Crippen molar-refractivity contribution in [1.29, 1.82) is 0 Å². The summed E-state index contributed by atoms with van der Waals surface area (Å²) >= 11 is 6.32. The Morgan fingerprint density at radius 3 is 2.78 bits per heavy atom. The van der Waals surface area contributed by atoms with E-state index in [0.29, 0.717) is 12.6 Å². The monoisotopic (exact) mass is 266 g/mol. The van der Waals surface area contributed by atoms with Gasteiger partial charge in [0.2, 0.25) is 0 Å². The molecule has 0 aromatic heterocycles. The van der Waals surface area contributed by atoms with Crippen molar-refractivity contribution in [3.63, 3.8) is 0 Å². The fourth-order valence-corrected chi connectivity index (χ4v) is 3.13. The van der Waals surface area contributed by atoms with Crippen LogP contribution in [0, 0.1) is 5.92 Å². The van der Waals surface area contributed by atoms with Crippen LogP contribution in [0.2, 0.25) is 5.02 Å². The zero-order valence-corrected chi connectivity index (χ0v) is 12.1. The van der Waals surface area contributed by atoms with Crippen LogP contribution in [0.1, 0.15) is 32.3 Å². The number of anilines is 1. The highest BCUT2D eigenvalue weighted by atomic mass is 35.5. The van der Waals surface area contributed by atoms with Crippen LogP contribution in [0.4, 0.5) is 5.69 Å². The van der Waals surface area contributed by atoms with E-state index in [1.54, 1.807) is 0 Å². The van der Waals surface area contributed by atoms with Crippen LogP contribution in [0.15, 0.2) is 18.2 Å². The zero-order chi connectivity index (χ0) is 13.1. The quantitative estimate of drug-likeness (QED) is 0.908. The van der Waals surface area contributed by atoms with Crippen molar-refractivity contribution in [3.05, 3.63) is 28.8 Å². The van der Waals surface area contributed by atoms with Crippen LogP contribution in [0.5, 0.6) is 0 Å². The van der Waals surface area contributed by atoms with E-state index in [9.17, 15) is 0 Å². The zero-order valence-electron chi connectivity index (χ0n) is 11.3. The normalized spacial score (nSPS) is 24.3. The van der Waals surface area contributed by atoms with Crippen molar-refractivity contribution in [1.82, 2.24) is 0 Å². The van der Waals surface area contributed by atoms with Gasteiger partial charge < -0.3 is 10.6 Å². The summed E-state index contributed by atoms with van der Waals surface area (Å²) in [5.74, 6) is 0.836. The molecule has 1 heterocycles. The highest BCUT2D eigenvalue weighted by Crippen LogP contribution is 2.30. The number of nitrogens with zero attached hydrogens (tertiary/aromatic N) is 1. The van der Waals surface area contributed by atoms with Gasteiger partial charge in [0.05, 0.1) is 0 Å². The first kappa shape index (κ1) is 13.7. The molecule has 0 radical (unpaired) electrons. The molecule has 2 atom stereocenters. The van der Waals surface area contributed by atoms with Gasteiger partial charge in [0.15, 0.2) is 0 Å². The molecular weight excluding hydrogens is 244 g/mol. The van der Waals surface area contributed by atoms with Crippen molar-refractivity contribution < 1.29 is 0 Å². The van der Waals surface area contributed by atoms with E-state index in [0.717, 1.165) is 29.5 Å². The molecule has 18 heavy (non-hydrogen) atoms. The van der Waals surface area contributed by atoms with E-state index in [2.05, 4.69) is 36.9 Å². The summed E-state index contributed by atoms with van der Waals surface area (Å²) in [5.41, 5.74) is 7.98. The third kappa shape index (κ3) is 2.99. The smallest absolute Gasteiger partial charge is 0.0459 e. The maximum absolute atomic E-state index is 6.32. The van der Waals surface area contributed by atoms with Crippen molar-refractivity contribution >= 4 is 17.3 Å². The Hall–Kier alpha value is -0.730. The Morgan fingerprint density at radius 2 is 2.17 bits per heavy atom. The first-order chi connectivity index (χ1) is 8.61. The molecule has 1 fully saturated rings. The molecule has 0 aliphatic carbocycles. The molecule has 1 aliphatic heterocycles. The number of hydrogen-bond acceptors (Lipinski definition) is 2. The molecule has 2 N–H and O–H groups in total. The van der Waals surface area contributed by atoms with Crippen molar-refractivity contribution in [2.75, 3.05) is 18.0 Å². The first-order valence-corrected chi connectivity index (χ1v) is 7.24. The van der Waals surface area contributed by atoms with Gasteiger partial charge in [0.1, 0.15) is 0 Å². The molecule has 0 spiro atoms. The second-order valence-electron chi connectivity index (χ2n) is 5.49. The molecule has 0 bridgehead atoms. The van der Waals surface area contributed by atoms with Gasteiger partial charge in [-0.1, -0.05) is 24.6 Å². The second-order valence-corrected chi connectivity index (χ2v) is 5.89. The molecule has 2 unspecified atom stereocenters. The van der Waals surface area contributed by atoms with Gasteiger partial charge in [-0.2, -0.15) is 0 Å². The van der Waals surface area contributed by atoms with Gasteiger partial charge in [0.25, 0.3) is 0 Å². The van der Waals surface area contributed by atoms with E-state index in [4.69, 9.17) is 17.3 Å². The van der Waals surface area contributed by atoms with Crippen LogP contribution >= 0.6 is 11.6 Å². The summed E-state index contributed by atoms with van der Waals surface area (Å²) in [7, 11) is 0. The van der Waals surface area contributed by atoms with Crippen LogP contribution in [0.25, 0.3) is 0 Å². The molecule has 1 aromatic rings. The Balaban J connectivity index is 2.16. The minimum atomic E-state index is 0.602. The molecule has 2 nitrogen and oxygen atoms in total. The van der Waals surface area contributed by atoms with Gasteiger partial charge in [0, 0.05) is 23.3 Å². The summed E-state index contributed by atoms with van der Waals surface area (Å²) in [6, 6.07) is 7.00. The average Bonchev–Trinajstić information content (AvgIpc) is 2.32. The molecule has 0 saturated carbocycles. The van der Waals surface area contributed by atoms with Gasteiger partial charge >= 0.3 is 0 Å². The molecule has 1 aromatic carbocycles. The number of piperidine rings is 1. The molecule has 0 amide bonds. The lowest BCUT2D eigenvalue weighted by atomic mass is 9.93. The van der Waals surface area contributed by atoms with Crippen molar-refractivity contribution in [2.45, 2.75) is 39.2 Å².